The summed E-state index contributed by atoms with van der Waals surface area (Å²) in [6.45, 7) is 1.07. The monoisotopic (exact) mass is 625 g/mol. The number of rotatable bonds is 10. The molecule has 1 aromatic heterocycles. The molecule has 216 valence electrons. The van der Waals surface area contributed by atoms with Crippen LogP contribution in [0.3, 0.4) is 0 Å². The zero-order valence-corrected chi connectivity index (χ0v) is 25.2. The predicted octanol–water partition coefficient (Wildman–Crippen LogP) is 3.82. The molecule has 4 amide bonds. The largest absolute Gasteiger partial charge is 0.336 e. The molecule has 40 heavy (non-hydrogen) atoms. The molecule has 0 aliphatic carbocycles. The zero-order valence-electron chi connectivity index (χ0n) is 22.0. The number of piperidine rings is 1. The number of thiophene rings is 1. The highest BCUT2D eigenvalue weighted by Crippen LogP contribution is 2.25. The first-order valence-electron chi connectivity index (χ1n) is 12.9. The van der Waals surface area contributed by atoms with Gasteiger partial charge in [-0.05, 0) is 62.3 Å². The number of hydrogen-bond donors (Lipinski definition) is 3. The summed E-state index contributed by atoms with van der Waals surface area (Å²) in [5.74, 6) is -0.639. The van der Waals surface area contributed by atoms with Gasteiger partial charge in [0.15, 0.2) is 0 Å². The number of carbonyl (C=O) groups excluding carboxylic acids is 3. The van der Waals surface area contributed by atoms with Gasteiger partial charge in [-0.1, -0.05) is 23.7 Å². The van der Waals surface area contributed by atoms with Crippen molar-refractivity contribution in [3.8, 4) is 0 Å². The van der Waals surface area contributed by atoms with Crippen molar-refractivity contribution in [1.29, 1.82) is 0 Å². The number of urea groups is 1. The molecule has 3 N–H and O–H groups in total. The van der Waals surface area contributed by atoms with Gasteiger partial charge < -0.3 is 20.4 Å². The molecule has 2 fully saturated rings. The molecule has 0 unspecified atom stereocenters. The molecule has 2 aliphatic heterocycles. The maximum absolute atomic E-state index is 13.2. The van der Waals surface area contributed by atoms with E-state index in [2.05, 4.69) is 15.4 Å². The molecule has 0 spiro atoms. The number of likely N-dealkylation sites (tertiary alicyclic amines) is 2. The summed E-state index contributed by atoms with van der Waals surface area (Å²) in [6, 6.07) is 9.42. The number of thioether (sulfide) groups is 1. The topological polar surface area (TPSA) is 128 Å². The highest BCUT2D eigenvalue weighted by Gasteiger charge is 2.35. The van der Waals surface area contributed by atoms with E-state index in [-0.39, 0.29) is 31.1 Å². The summed E-state index contributed by atoms with van der Waals surface area (Å²) in [6.07, 6.45) is 5.83. The Hall–Kier alpha value is -2.58. The molecule has 2 aromatic rings. The van der Waals surface area contributed by atoms with E-state index >= 15 is 0 Å². The first-order chi connectivity index (χ1) is 19.1. The van der Waals surface area contributed by atoms with Gasteiger partial charge in [0, 0.05) is 40.9 Å². The Kier molecular flexibility index (Phi) is 10.5. The van der Waals surface area contributed by atoms with Gasteiger partial charge in [0.25, 0.3) is 0 Å². The van der Waals surface area contributed by atoms with E-state index in [0.29, 0.717) is 40.8 Å². The van der Waals surface area contributed by atoms with Crippen LogP contribution in [0, 0.1) is 0 Å². The molecule has 4 rings (SSSR count). The average Bonchev–Trinajstić information content (AvgIpc) is 3.57. The lowest BCUT2D eigenvalue weighted by Gasteiger charge is -2.34. The number of nitrogens with zero attached hydrogens (tertiary/aromatic N) is 2. The number of benzene rings is 1. The molecule has 0 bridgehead atoms. The maximum Gasteiger partial charge on any atom is 0.319 e. The fourth-order valence-electron chi connectivity index (χ4n) is 4.77. The number of carbonyl (C=O) groups is 3. The van der Waals surface area contributed by atoms with Crippen LogP contribution in [0.1, 0.15) is 30.6 Å². The van der Waals surface area contributed by atoms with Gasteiger partial charge in [-0.15, -0.1) is 23.1 Å². The van der Waals surface area contributed by atoms with Crippen LogP contribution in [-0.2, 0) is 19.6 Å². The van der Waals surface area contributed by atoms with Crippen molar-refractivity contribution in [2.75, 3.05) is 37.8 Å². The van der Waals surface area contributed by atoms with Crippen molar-refractivity contribution in [3.05, 3.63) is 51.0 Å². The number of halogens is 1. The van der Waals surface area contributed by atoms with E-state index in [1.807, 2.05) is 30.5 Å². The second kappa shape index (κ2) is 13.9. The molecule has 2 saturated heterocycles. The lowest BCUT2D eigenvalue weighted by atomic mass is 10.1. The molecule has 2 atom stereocenters. The van der Waals surface area contributed by atoms with Crippen molar-refractivity contribution in [2.24, 2.45) is 0 Å². The van der Waals surface area contributed by atoms with E-state index in [0.717, 1.165) is 23.1 Å². The van der Waals surface area contributed by atoms with Crippen LogP contribution in [0.2, 0.25) is 4.34 Å². The third-order valence-electron chi connectivity index (χ3n) is 6.72. The predicted molar refractivity (Wildman–Crippen MR) is 160 cm³/mol. The highest BCUT2D eigenvalue weighted by molar-refractivity contribution is 7.98. The number of para-hydroxylation sites is 1. The van der Waals surface area contributed by atoms with Crippen molar-refractivity contribution in [1.82, 2.24) is 19.8 Å². The van der Waals surface area contributed by atoms with Gasteiger partial charge in [-0.3, -0.25) is 9.59 Å². The van der Waals surface area contributed by atoms with Gasteiger partial charge in [-0.25, -0.2) is 13.2 Å². The molecule has 0 radical (unpaired) electrons. The number of amides is 4. The Bertz CT molecular complexity index is 1370. The fourth-order valence-corrected chi connectivity index (χ4v) is 7.40. The average molecular weight is 626 g/mol. The molecule has 3 heterocycles. The van der Waals surface area contributed by atoms with Gasteiger partial charge in [0.2, 0.25) is 21.8 Å². The third-order valence-corrected chi connectivity index (χ3v) is 9.82. The maximum atomic E-state index is 13.2. The van der Waals surface area contributed by atoms with Crippen LogP contribution >= 0.6 is 34.7 Å². The Labute approximate surface area is 247 Å². The smallest absolute Gasteiger partial charge is 0.319 e. The van der Waals surface area contributed by atoms with E-state index < -0.39 is 22.0 Å². The summed E-state index contributed by atoms with van der Waals surface area (Å²) in [5.41, 5.74) is 0.715. The lowest BCUT2D eigenvalue weighted by molar-refractivity contribution is -0.143. The standard InChI is InChI=1S/C26H32ClN5O5S3/c1-38-22-9-3-2-7-20(22)29-26(35)28-16-18-6-4-14-32(18)24(33)17-31-13-5-8-21(25(31)34)30-40(36,37)15-12-19-10-11-23(27)39-19/h2-3,7,9-12,15,18,21,30H,4-6,8,13-14,16-17H2,1H3,(H2,28,29,35)/t18-,21+/m1/s1. The number of sulfonamides is 1. The van der Waals surface area contributed by atoms with Crippen LogP contribution in [0.15, 0.2) is 46.7 Å². The Morgan fingerprint density at radius 3 is 2.67 bits per heavy atom. The molecule has 1 aromatic carbocycles. The zero-order chi connectivity index (χ0) is 28.7. The summed E-state index contributed by atoms with van der Waals surface area (Å²) in [5, 5.41) is 6.72. The molecular weight excluding hydrogens is 594 g/mol. The minimum absolute atomic E-state index is 0.135. The van der Waals surface area contributed by atoms with Crippen molar-refractivity contribution < 1.29 is 22.8 Å². The molecule has 0 saturated carbocycles. The second-order valence-corrected chi connectivity index (χ2v) is 13.7. The third kappa shape index (κ3) is 8.23. The summed E-state index contributed by atoms with van der Waals surface area (Å²) in [7, 11) is -3.88. The van der Waals surface area contributed by atoms with Crippen LogP contribution in [0.25, 0.3) is 6.08 Å². The Morgan fingerprint density at radius 2 is 1.93 bits per heavy atom. The summed E-state index contributed by atoms with van der Waals surface area (Å²) < 4.78 is 28.1. The van der Waals surface area contributed by atoms with Gasteiger partial charge in [0.1, 0.15) is 6.04 Å². The summed E-state index contributed by atoms with van der Waals surface area (Å²) in [4.78, 5) is 43.5. The number of anilines is 1. The minimum Gasteiger partial charge on any atom is -0.336 e. The number of hydrogen-bond acceptors (Lipinski definition) is 7. The van der Waals surface area contributed by atoms with E-state index in [1.54, 1.807) is 17.0 Å². The Balaban J connectivity index is 1.29. The minimum atomic E-state index is -3.88. The van der Waals surface area contributed by atoms with Gasteiger partial charge in [-0.2, -0.15) is 4.72 Å². The number of nitrogens with one attached hydrogen (secondary N) is 3. The van der Waals surface area contributed by atoms with Crippen LogP contribution < -0.4 is 15.4 Å². The first-order valence-corrected chi connectivity index (χ1v) is 16.8. The normalized spacial score (nSPS) is 19.8. The second-order valence-electron chi connectivity index (χ2n) is 9.48. The molecule has 10 nitrogen and oxygen atoms in total. The van der Waals surface area contributed by atoms with E-state index in [9.17, 15) is 22.8 Å². The fraction of sp³-hybridized carbons (Fsp3) is 0.423. The quantitative estimate of drug-likeness (QED) is 0.345. The summed E-state index contributed by atoms with van der Waals surface area (Å²) >= 11 is 8.66. The van der Waals surface area contributed by atoms with E-state index in [1.165, 1.54) is 34.1 Å². The van der Waals surface area contributed by atoms with Gasteiger partial charge >= 0.3 is 6.03 Å². The first kappa shape index (κ1) is 30.4. The van der Waals surface area contributed by atoms with Crippen LogP contribution in [-0.4, -0.2) is 80.6 Å². The van der Waals surface area contributed by atoms with Crippen molar-refractivity contribution in [2.45, 2.75) is 42.7 Å². The molecular formula is C26H32ClN5O5S3. The molecule has 14 heteroatoms. The van der Waals surface area contributed by atoms with Crippen LogP contribution in [0.5, 0.6) is 0 Å². The van der Waals surface area contributed by atoms with Gasteiger partial charge in [0.05, 0.1) is 16.6 Å². The molecule has 2 aliphatic rings. The lowest BCUT2D eigenvalue weighted by Crippen LogP contribution is -2.55. The van der Waals surface area contributed by atoms with Crippen molar-refractivity contribution >= 4 is 74.3 Å². The van der Waals surface area contributed by atoms with Crippen LogP contribution in [0.4, 0.5) is 10.5 Å². The Morgan fingerprint density at radius 1 is 1.15 bits per heavy atom. The van der Waals surface area contributed by atoms with E-state index in [4.69, 9.17) is 11.6 Å². The highest BCUT2D eigenvalue weighted by atomic mass is 35.5. The van der Waals surface area contributed by atoms with Crippen molar-refractivity contribution in [3.63, 3.8) is 0 Å². The SMILES string of the molecule is CSc1ccccc1NC(=O)NC[C@H]1CCCN1C(=O)CN1CCC[C@H](NS(=O)(=O)C=Cc2ccc(Cl)s2)C1=O.